The number of aryl methyl sites for hydroxylation is 1. The maximum Gasteiger partial charge on any atom is 0.243 e. The van der Waals surface area contributed by atoms with Crippen LogP contribution in [0.5, 0.6) is 0 Å². The number of benzene rings is 1. The van der Waals surface area contributed by atoms with Crippen molar-refractivity contribution < 1.29 is 13.2 Å². The lowest BCUT2D eigenvalue weighted by molar-refractivity contribution is -0.132. The molecular weight excluding hydrogens is 374 g/mol. The molecule has 2 saturated heterocycles. The van der Waals surface area contributed by atoms with Crippen LogP contribution in [-0.4, -0.2) is 73.7 Å². The topological polar surface area (TPSA) is 60.9 Å². The van der Waals surface area contributed by atoms with Crippen LogP contribution in [-0.2, 0) is 21.2 Å². The number of likely N-dealkylation sites (tertiary alicyclic amines) is 1. The van der Waals surface area contributed by atoms with Gasteiger partial charge >= 0.3 is 0 Å². The van der Waals surface area contributed by atoms with E-state index < -0.39 is 10.0 Å². The van der Waals surface area contributed by atoms with Crippen LogP contribution in [0, 0.1) is 5.92 Å². The summed E-state index contributed by atoms with van der Waals surface area (Å²) >= 11 is 0. The Bertz CT molecular complexity index is 822. The molecule has 0 bridgehead atoms. The van der Waals surface area contributed by atoms with Crippen LogP contribution in [0.4, 0.5) is 0 Å². The third-order valence-electron chi connectivity index (χ3n) is 6.35. The molecule has 4 rings (SSSR count). The Kier molecular flexibility index (Phi) is 5.76. The molecule has 28 heavy (non-hydrogen) atoms. The highest BCUT2D eigenvalue weighted by Gasteiger charge is 2.39. The SMILES string of the molecule is CCc1ccccc1S(=O)(=O)N1CCCN([C@H]2CCN(CC3CC3)C2=O)CC1. The van der Waals surface area contributed by atoms with E-state index in [1.54, 1.807) is 16.4 Å². The maximum atomic E-state index is 13.2. The zero-order valence-corrected chi connectivity index (χ0v) is 17.5. The predicted octanol–water partition coefficient (Wildman–Crippen LogP) is 1.96. The number of carbonyl (C=O) groups is 1. The second kappa shape index (κ2) is 8.13. The van der Waals surface area contributed by atoms with Gasteiger partial charge in [-0.1, -0.05) is 25.1 Å². The summed E-state index contributed by atoms with van der Waals surface area (Å²) in [5.74, 6) is 0.964. The van der Waals surface area contributed by atoms with E-state index in [0.29, 0.717) is 36.9 Å². The minimum absolute atomic E-state index is 0.0654. The highest BCUT2D eigenvalue weighted by molar-refractivity contribution is 7.89. The van der Waals surface area contributed by atoms with Gasteiger partial charge in [-0.25, -0.2) is 8.42 Å². The lowest BCUT2D eigenvalue weighted by Crippen LogP contribution is -2.44. The van der Waals surface area contributed by atoms with Crippen LogP contribution in [0.25, 0.3) is 0 Å². The molecule has 3 fully saturated rings. The van der Waals surface area contributed by atoms with Crippen LogP contribution >= 0.6 is 0 Å². The van der Waals surface area contributed by atoms with Crippen LogP contribution in [0.2, 0.25) is 0 Å². The molecule has 1 atom stereocenters. The van der Waals surface area contributed by atoms with Crippen molar-refractivity contribution in [3.8, 4) is 0 Å². The number of carbonyl (C=O) groups excluding carboxylic acids is 1. The summed E-state index contributed by atoms with van der Waals surface area (Å²) in [5.41, 5.74) is 0.866. The lowest BCUT2D eigenvalue weighted by atomic mass is 10.2. The second-order valence-electron chi connectivity index (χ2n) is 8.29. The van der Waals surface area contributed by atoms with Crippen molar-refractivity contribution >= 4 is 15.9 Å². The van der Waals surface area contributed by atoms with E-state index in [4.69, 9.17) is 0 Å². The smallest absolute Gasteiger partial charge is 0.243 e. The first-order valence-corrected chi connectivity index (χ1v) is 12.1. The molecule has 0 N–H and O–H groups in total. The quantitative estimate of drug-likeness (QED) is 0.726. The minimum atomic E-state index is -3.50. The fraction of sp³-hybridized carbons (Fsp3) is 0.667. The number of sulfonamides is 1. The van der Waals surface area contributed by atoms with E-state index in [9.17, 15) is 13.2 Å². The molecule has 1 aromatic carbocycles. The maximum absolute atomic E-state index is 13.2. The van der Waals surface area contributed by atoms with Gasteiger partial charge in [0, 0.05) is 39.3 Å². The molecule has 3 aliphatic rings. The third kappa shape index (κ3) is 3.98. The molecule has 2 heterocycles. The molecule has 7 heteroatoms. The molecular formula is C21H31N3O3S. The molecule has 0 radical (unpaired) electrons. The number of rotatable bonds is 6. The van der Waals surface area contributed by atoms with Crippen LogP contribution in [0.15, 0.2) is 29.2 Å². The van der Waals surface area contributed by atoms with Gasteiger partial charge in [0.25, 0.3) is 0 Å². The predicted molar refractivity (Wildman–Crippen MR) is 108 cm³/mol. The van der Waals surface area contributed by atoms with Crippen molar-refractivity contribution in [3.05, 3.63) is 29.8 Å². The number of nitrogens with zero attached hydrogens (tertiary/aromatic N) is 3. The van der Waals surface area contributed by atoms with Gasteiger partial charge in [-0.15, -0.1) is 0 Å². The summed E-state index contributed by atoms with van der Waals surface area (Å²) in [6.45, 7) is 6.13. The third-order valence-corrected chi connectivity index (χ3v) is 8.35. The van der Waals surface area contributed by atoms with Crippen molar-refractivity contribution in [2.75, 3.05) is 39.3 Å². The van der Waals surface area contributed by atoms with E-state index in [2.05, 4.69) is 4.90 Å². The molecule has 154 valence electrons. The highest BCUT2D eigenvalue weighted by Crippen LogP contribution is 2.32. The van der Waals surface area contributed by atoms with Gasteiger partial charge in [-0.05, 0) is 49.7 Å². The Labute approximate surface area is 168 Å². The van der Waals surface area contributed by atoms with Crippen LogP contribution in [0.1, 0.15) is 38.2 Å². The van der Waals surface area contributed by atoms with E-state index in [0.717, 1.165) is 38.0 Å². The lowest BCUT2D eigenvalue weighted by Gasteiger charge is -2.26. The van der Waals surface area contributed by atoms with Crippen molar-refractivity contribution in [1.82, 2.24) is 14.1 Å². The summed E-state index contributed by atoms with van der Waals surface area (Å²) in [4.78, 5) is 17.5. The largest absolute Gasteiger partial charge is 0.341 e. The Morgan fingerprint density at radius 2 is 1.79 bits per heavy atom. The van der Waals surface area contributed by atoms with Crippen LogP contribution in [0.3, 0.4) is 0 Å². The summed E-state index contributed by atoms with van der Waals surface area (Å²) in [6, 6.07) is 7.22. The molecule has 1 saturated carbocycles. The van der Waals surface area contributed by atoms with E-state index in [1.165, 1.54) is 12.8 Å². The average molecular weight is 406 g/mol. The Morgan fingerprint density at radius 3 is 2.54 bits per heavy atom. The van der Waals surface area contributed by atoms with Crippen molar-refractivity contribution in [2.45, 2.75) is 50.0 Å². The summed E-state index contributed by atoms with van der Waals surface area (Å²) in [6.07, 6.45) is 4.84. The Morgan fingerprint density at radius 1 is 1.00 bits per heavy atom. The highest BCUT2D eigenvalue weighted by atomic mass is 32.2. The van der Waals surface area contributed by atoms with Crippen molar-refractivity contribution in [2.24, 2.45) is 5.92 Å². The molecule has 6 nitrogen and oxygen atoms in total. The number of hydrogen-bond acceptors (Lipinski definition) is 4. The van der Waals surface area contributed by atoms with Gasteiger partial charge in [0.1, 0.15) is 0 Å². The zero-order valence-electron chi connectivity index (χ0n) is 16.7. The number of amides is 1. The molecule has 0 spiro atoms. The van der Waals surface area contributed by atoms with E-state index >= 15 is 0 Å². The van der Waals surface area contributed by atoms with Crippen molar-refractivity contribution in [1.29, 1.82) is 0 Å². The molecule has 1 aromatic rings. The van der Waals surface area contributed by atoms with Gasteiger partial charge in [0.15, 0.2) is 0 Å². The average Bonchev–Trinajstić information content (AvgIpc) is 3.48. The van der Waals surface area contributed by atoms with E-state index in [-0.39, 0.29) is 11.9 Å². The minimum Gasteiger partial charge on any atom is -0.341 e. The molecule has 1 amide bonds. The van der Waals surface area contributed by atoms with Crippen molar-refractivity contribution in [3.63, 3.8) is 0 Å². The monoisotopic (exact) mass is 405 g/mol. The normalized spacial score (nSPS) is 25.2. The Hall–Kier alpha value is -1.44. The van der Waals surface area contributed by atoms with Gasteiger partial charge in [-0.2, -0.15) is 4.31 Å². The van der Waals surface area contributed by atoms with Gasteiger partial charge in [0.05, 0.1) is 10.9 Å². The number of hydrogen-bond donors (Lipinski definition) is 0. The standard InChI is InChI=1S/C21H31N3O3S/c1-2-18-6-3-4-7-20(18)28(26,27)24-12-5-11-22(14-15-24)19-10-13-23(21(19)25)16-17-8-9-17/h3-4,6-7,17,19H,2,5,8-16H2,1H3/t19-/m0/s1. The second-order valence-corrected chi connectivity index (χ2v) is 10.2. The first-order chi connectivity index (χ1) is 13.5. The Balaban J connectivity index is 1.43. The van der Waals surface area contributed by atoms with E-state index in [1.807, 2.05) is 24.0 Å². The zero-order chi connectivity index (χ0) is 19.7. The molecule has 0 aromatic heterocycles. The summed E-state index contributed by atoms with van der Waals surface area (Å²) in [5, 5.41) is 0. The molecule has 0 unspecified atom stereocenters. The first kappa shape index (κ1) is 19.9. The fourth-order valence-corrected chi connectivity index (χ4v) is 6.27. The summed E-state index contributed by atoms with van der Waals surface area (Å²) in [7, 11) is -3.50. The molecule has 1 aliphatic carbocycles. The molecule has 2 aliphatic heterocycles. The summed E-state index contributed by atoms with van der Waals surface area (Å²) < 4.78 is 28.1. The van der Waals surface area contributed by atoms with Gasteiger partial charge in [-0.3, -0.25) is 9.69 Å². The first-order valence-electron chi connectivity index (χ1n) is 10.6. The fourth-order valence-electron chi connectivity index (χ4n) is 4.51. The van der Waals surface area contributed by atoms with Gasteiger partial charge in [0.2, 0.25) is 15.9 Å². The van der Waals surface area contributed by atoms with Crippen LogP contribution < -0.4 is 0 Å². The van der Waals surface area contributed by atoms with Gasteiger partial charge < -0.3 is 4.90 Å².